The number of nitrogens with one attached hydrogen (secondary N) is 1. The standard InChI is InChI=1S/C16H15BrFNO5S/c1-23-14-6-3-10(7-12(14)16(20)24-2)9-19-25(21,22)15-8-11(17)4-5-13(15)18/h3-8,19H,9H2,1-2H3. The van der Waals surface area contributed by atoms with Crippen LogP contribution in [0.2, 0.25) is 0 Å². The Labute approximate surface area is 153 Å². The van der Waals surface area contributed by atoms with Crippen molar-refractivity contribution in [1.29, 1.82) is 0 Å². The van der Waals surface area contributed by atoms with Gasteiger partial charge in [0.2, 0.25) is 10.0 Å². The molecule has 0 radical (unpaired) electrons. The van der Waals surface area contributed by atoms with Gasteiger partial charge in [0.15, 0.2) is 0 Å². The Hall–Kier alpha value is -1.97. The summed E-state index contributed by atoms with van der Waals surface area (Å²) in [7, 11) is -1.44. The lowest BCUT2D eigenvalue weighted by molar-refractivity contribution is 0.0597. The Bertz CT molecular complexity index is 901. The molecule has 0 atom stereocenters. The fourth-order valence-electron chi connectivity index (χ4n) is 2.07. The average Bonchev–Trinajstić information content (AvgIpc) is 2.61. The van der Waals surface area contributed by atoms with Gasteiger partial charge in [-0.3, -0.25) is 0 Å². The maximum absolute atomic E-state index is 13.8. The lowest BCUT2D eigenvalue weighted by Crippen LogP contribution is -2.24. The van der Waals surface area contributed by atoms with E-state index in [1.807, 2.05) is 0 Å². The van der Waals surface area contributed by atoms with Crippen LogP contribution < -0.4 is 9.46 Å². The van der Waals surface area contributed by atoms with E-state index in [1.54, 1.807) is 6.07 Å². The van der Waals surface area contributed by atoms with Crippen LogP contribution in [0.3, 0.4) is 0 Å². The average molecular weight is 432 g/mol. The van der Waals surface area contributed by atoms with E-state index in [9.17, 15) is 17.6 Å². The summed E-state index contributed by atoms with van der Waals surface area (Å²) in [5.74, 6) is -1.17. The topological polar surface area (TPSA) is 81.7 Å². The van der Waals surface area contributed by atoms with E-state index in [2.05, 4.69) is 25.4 Å². The molecule has 0 heterocycles. The Morgan fingerprint density at radius 3 is 2.56 bits per heavy atom. The predicted octanol–water partition coefficient (Wildman–Crippen LogP) is 2.86. The monoisotopic (exact) mass is 431 g/mol. The molecule has 2 aromatic rings. The summed E-state index contributed by atoms with van der Waals surface area (Å²) >= 11 is 3.11. The van der Waals surface area contributed by atoms with Gasteiger partial charge in [-0.25, -0.2) is 22.3 Å². The van der Waals surface area contributed by atoms with Gasteiger partial charge in [0.25, 0.3) is 0 Å². The highest BCUT2D eigenvalue weighted by atomic mass is 79.9. The smallest absolute Gasteiger partial charge is 0.341 e. The minimum absolute atomic E-state index is 0.137. The first-order chi connectivity index (χ1) is 11.8. The third-order valence-corrected chi connectivity index (χ3v) is 5.23. The maximum atomic E-state index is 13.8. The highest BCUT2D eigenvalue weighted by Crippen LogP contribution is 2.22. The van der Waals surface area contributed by atoms with Crippen LogP contribution in [-0.4, -0.2) is 28.6 Å². The molecule has 134 valence electrons. The van der Waals surface area contributed by atoms with Crippen molar-refractivity contribution in [2.24, 2.45) is 0 Å². The van der Waals surface area contributed by atoms with E-state index in [0.29, 0.717) is 15.8 Å². The van der Waals surface area contributed by atoms with Gasteiger partial charge >= 0.3 is 5.97 Å². The minimum atomic E-state index is -4.07. The quantitative estimate of drug-likeness (QED) is 0.711. The highest BCUT2D eigenvalue weighted by molar-refractivity contribution is 9.10. The zero-order valence-electron chi connectivity index (χ0n) is 13.4. The molecule has 25 heavy (non-hydrogen) atoms. The fourth-order valence-corrected chi connectivity index (χ4v) is 3.71. The lowest BCUT2D eigenvalue weighted by Gasteiger charge is -2.11. The van der Waals surface area contributed by atoms with Crippen LogP contribution in [0.25, 0.3) is 0 Å². The van der Waals surface area contributed by atoms with Crippen molar-refractivity contribution in [2.75, 3.05) is 14.2 Å². The summed E-state index contributed by atoms with van der Waals surface area (Å²) in [5, 5.41) is 0. The molecule has 0 amide bonds. The summed E-state index contributed by atoms with van der Waals surface area (Å²) in [4.78, 5) is 11.3. The van der Waals surface area contributed by atoms with Gasteiger partial charge in [-0.15, -0.1) is 0 Å². The molecule has 2 aromatic carbocycles. The first-order valence-corrected chi connectivity index (χ1v) is 9.26. The third kappa shape index (κ3) is 4.56. The van der Waals surface area contributed by atoms with Crippen molar-refractivity contribution in [3.05, 3.63) is 57.8 Å². The first-order valence-electron chi connectivity index (χ1n) is 6.98. The number of ether oxygens (including phenoxy) is 2. The van der Waals surface area contributed by atoms with E-state index in [1.165, 1.54) is 38.5 Å². The number of carbonyl (C=O) groups is 1. The molecule has 6 nitrogen and oxygen atoms in total. The van der Waals surface area contributed by atoms with Gasteiger partial charge in [-0.2, -0.15) is 0 Å². The van der Waals surface area contributed by atoms with Crippen LogP contribution in [0.15, 0.2) is 45.8 Å². The van der Waals surface area contributed by atoms with E-state index in [0.717, 1.165) is 6.07 Å². The normalized spacial score (nSPS) is 11.2. The van der Waals surface area contributed by atoms with Crippen molar-refractivity contribution >= 4 is 31.9 Å². The van der Waals surface area contributed by atoms with Crippen molar-refractivity contribution in [3.63, 3.8) is 0 Å². The number of methoxy groups -OCH3 is 2. The molecule has 1 N–H and O–H groups in total. The van der Waals surface area contributed by atoms with Crippen LogP contribution in [0.1, 0.15) is 15.9 Å². The number of esters is 1. The highest BCUT2D eigenvalue weighted by Gasteiger charge is 2.20. The predicted molar refractivity (Wildman–Crippen MR) is 92.5 cm³/mol. The number of benzene rings is 2. The molecular weight excluding hydrogens is 417 g/mol. The van der Waals surface area contributed by atoms with Crippen LogP contribution in [0.5, 0.6) is 5.75 Å². The van der Waals surface area contributed by atoms with Crippen molar-refractivity contribution in [3.8, 4) is 5.75 Å². The zero-order valence-corrected chi connectivity index (χ0v) is 15.8. The zero-order chi connectivity index (χ0) is 18.6. The Balaban J connectivity index is 2.26. The molecule has 0 aromatic heterocycles. The largest absolute Gasteiger partial charge is 0.496 e. The summed E-state index contributed by atoms with van der Waals surface area (Å²) in [6.07, 6.45) is 0. The molecular formula is C16H15BrFNO5S. The molecule has 2 rings (SSSR count). The lowest BCUT2D eigenvalue weighted by atomic mass is 10.1. The first kappa shape index (κ1) is 19.4. The number of sulfonamides is 1. The second-order valence-corrected chi connectivity index (χ2v) is 7.58. The van der Waals surface area contributed by atoms with Crippen LogP contribution in [0.4, 0.5) is 4.39 Å². The number of rotatable bonds is 6. The van der Waals surface area contributed by atoms with Crippen molar-refractivity contribution in [2.45, 2.75) is 11.4 Å². The van der Waals surface area contributed by atoms with Crippen LogP contribution >= 0.6 is 15.9 Å². The van der Waals surface area contributed by atoms with Crippen molar-refractivity contribution in [1.82, 2.24) is 4.72 Å². The van der Waals surface area contributed by atoms with Crippen molar-refractivity contribution < 1.29 is 27.1 Å². The summed E-state index contributed by atoms with van der Waals surface area (Å²) in [6, 6.07) is 8.19. The second-order valence-electron chi connectivity index (χ2n) is 4.93. The van der Waals surface area contributed by atoms with Crippen LogP contribution in [0, 0.1) is 5.82 Å². The van der Waals surface area contributed by atoms with Gasteiger partial charge in [-0.1, -0.05) is 22.0 Å². The Morgan fingerprint density at radius 2 is 1.92 bits per heavy atom. The number of hydrogen-bond acceptors (Lipinski definition) is 5. The number of halogens is 2. The number of carbonyl (C=O) groups excluding carboxylic acids is 1. The molecule has 0 unspecified atom stereocenters. The van der Waals surface area contributed by atoms with E-state index < -0.39 is 26.7 Å². The van der Waals surface area contributed by atoms with Gasteiger partial charge < -0.3 is 9.47 Å². The molecule has 9 heteroatoms. The summed E-state index contributed by atoms with van der Waals surface area (Å²) in [6.45, 7) is -0.137. The van der Waals surface area contributed by atoms with Gasteiger partial charge in [0, 0.05) is 11.0 Å². The molecule has 0 spiro atoms. The summed E-state index contributed by atoms with van der Waals surface area (Å²) in [5.41, 5.74) is 0.649. The van der Waals surface area contributed by atoms with E-state index in [-0.39, 0.29) is 12.1 Å². The van der Waals surface area contributed by atoms with Gasteiger partial charge in [-0.05, 0) is 35.9 Å². The molecule has 0 aliphatic carbocycles. The minimum Gasteiger partial charge on any atom is -0.496 e. The maximum Gasteiger partial charge on any atom is 0.341 e. The number of hydrogen-bond donors (Lipinski definition) is 1. The molecule has 0 saturated heterocycles. The molecule has 0 bridgehead atoms. The Kier molecular flexibility index (Phi) is 6.15. The SMILES string of the molecule is COC(=O)c1cc(CNS(=O)(=O)c2cc(Br)ccc2F)ccc1OC. The van der Waals surface area contributed by atoms with E-state index in [4.69, 9.17) is 4.74 Å². The molecule has 0 aliphatic heterocycles. The second kappa shape index (κ2) is 7.94. The Morgan fingerprint density at radius 1 is 1.20 bits per heavy atom. The molecule has 0 fully saturated rings. The fraction of sp³-hybridized carbons (Fsp3) is 0.188. The van der Waals surface area contributed by atoms with Crippen LogP contribution in [-0.2, 0) is 21.3 Å². The third-order valence-electron chi connectivity index (χ3n) is 3.32. The summed E-state index contributed by atoms with van der Waals surface area (Å²) < 4.78 is 50.8. The van der Waals surface area contributed by atoms with E-state index >= 15 is 0 Å². The van der Waals surface area contributed by atoms with Gasteiger partial charge in [0.1, 0.15) is 22.0 Å². The molecule has 0 aliphatic rings. The molecule has 0 saturated carbocycles. The van der Waals surface area contributed by atoms with Gasteiger partial charge in [0.05, 0.1) is 14.2 Å².